The Bertz CT molecular complexity index is 719. The van der Waals surface area contributed by atoms with Crippen molar-refractivity contribution in [3.63, 3.8) is 0 Å². The van der Waals surface area contributed by atoms with Gasteiger partial charge < -0.3 is 4.90 Å². The molecule has 2 aliphatic rings. The summed E-state index contributed by atoms with van der Waals surface area (Å²) in [5, 5.41) is 0. The predicted molar refractivity (Wildman–Crippen MR) is 91.4 cm³/mol. The Hall–Kier alpha value is -2.27. The van der Waals surface area contributed by atoms with Crippen molar-refractivity contribution in [1.29, 1.82) is 0 Å². The predicted octanol–water partition coefficient (Wildman–Crippen LogP) is 1.99. The fourth-order valence-corrected chi connectivity index (χ4v) is 3.93. The lowest BCUT2D eigenvalue weighted by Crippen LogP contribution is -2.33. The number of hydrogen-bond donors (Lipinski definition) is 0. The number of fused-ring (bicyclic) bond motifs is 1. The quantitative estimate of drug-likeness (QED) is 0.867. The van der Waals surface area contributed by atoms with Crippen molar-refractivity contribution in [3.05, 3.63) is 59.7 Å². The molecule has 124 valence electrons. The van der Waals surface area contributed by atoms with E-state index in [1.165, 1.54) is 0 Å². The molecule has 0 bridgehead atoms. The average Bonchev–Trinajstić information content (AvgIpc) is 3.13. The molecule has 4 rings (SSSR count). The number of hydrogen-bond acceptors (Lipinski definition) is 4. The summed E-state index contributed by atoms with van der Waals surface area (Å²) in [6.07, 6.45) is 1.85. The fraction of sp³-hybridized carbons (Fsp3) is 0.421. The van der Waals surface area contributed by atoms with E-state index in [-0.39, 0.29) is 5.91 Å². The molecule has 2 aromatic rings. The van der Waals surface area contributed by atoms with Gasteiger partial charge in [-0.15, -0.1) is 0 Å². The normalized spacial score (nSPS) is 23.5. The molecule has 2 fully saturated rings. The SMILES string of the molecule is Cc1cccc(C(=O)N2CC3CN(Cc4ccccn4)CC3C2)n1. The van der Waals surface area contributed by atoms with Crippen LogP contribution in [0.1, 0.15) is 21.9 Å². The highest BCUT2D eigenvalue weighted by Gasteiger charge is 2.41. The van der Waals surface area contributed by atoms with Crippen LogP contribution in [0.5, 0.6) is 0 Å². The van der Waals surface area contributed by atoms with E-state index in [0.717, 1.165) is 44.1 Å². The molecule has 2 aromatic heterocycles. The largest absolute Gasteiger partial charge is 0.337 e. The Morgan fingerprint density at radius 1 is 1.08 bits per heavy atom. The topological polar surface area (TPSA) is 49.3 Å². The first-order valence-corrected chi connectivity index (χ1v) is 8.54. The number of likely N-dealkylation sites (tertiary alicyclic amines) is 2. The average molecular weight is 322 g/mol. The van der Waals surface area contributed by atoms with E-state index in [1.807, 2.05) is 48.4 Å². The van der Waals surface area contributed by atoms with E-state index in [4.69, 9.17) is 0 Å². The molecular formula is C19H22N4O. The highest BCUT2D eigenvalue weighted by Crippen LogP contribution is 2.32. The molecule has 5 nitrogen and oxygen atoms in total. The van der Waals surface area contributed by atoms with Crippen LogP contribution in [0.2, 0.25) is 0 Å². The van der Waals surface area contributed by atoms with Gasteiger partial charge in [-0.25, -0.2) is 4.98 Å². The van der Waals surface area contributed by atoms with E-state index in [9.17, 15) is 4.79 Å². The second-order valence-electron chi connectivity index (χ2n) is 6.91. The molecule has 0 aliphatic carbocycles. The van der Waals surface area contributed by atoms with Gasteiger partial charge in [0.2, 0.25) is 0 Å². The smallest absolute Gasteiger partial charge is 0.272 e. The van der Waals surface area contributed by atoms with Gasteiger partial charge in [0, 0.05) is 44.6 Å². The zero-order valence-electron chi connectivity index (χ0n) is 13.9. The van der Waals surface area contributed by atoms with Crippen molar-refractivity contribution >= 4 is 5.91 Å². The van der Waals surface area contributed by atoms with Gasteiger partial charge in [0.15, 0.2) is 0 Å². The molecule has 0 radical (unpaired) electrons. The number of pyridine rings is 2. The van der Waals surface area contributed by atoms with Crippen LogP contribution >= 0.6 is 0 Å². The Balaban J connectivity index is 1.37. The summed E-state index contributed by atoms with van der Waals surface area (Å²) >= 11 is 0. The van der Waals surface area contributed by atoms with Crippen LogP contribution in [0.25, 0.3) is 0 Å². The monoisotopic (exact) mass is 322 g/mol. The van der Waals surface area contributed by atoms with Crippen LogP contribution in [0.4, 0.5) is 0 Å². The lowest BCUT2D eigenvalue weighted by molar-refractivity contribution is 0.0767. The van der Waals surface area contributed by atoms with Gasteiger partial charge in [-0.3, -0.25) is 14.7 Å². The molecule has 1 amide bonds. The maximum atomic E-state index is 12.6. The molecule has 2 aliphatic heterocycles. The molecule has 0 N–H and O–H groups in total. The molecule has 24 heavy (non-hydrogen) atoms. The molecule has 2 unspecified atom stereocenters. The van der Waals surface area contributed by atoms with Gasteiger partial charge in [0.05, 0.1) is 5.69 Å². The third kappa shape index (κ3) is 3.04. The highest BCUT2D eigenvalue weighted by molar-refractivity contribution is 5.92. The summed E-state index contributed by atoms with van der Waals surface area (Å²) in [7, 11) is 0. The molecule has 2 atom stereocenters. The van der Waals surface area contributed by atoms with Crippen LogP contribution in [0.15, 0.2) is 42.6 Å². The molecule has 0 aromatic carbocycles. The fourth-order valence-electron chi connectivity index (χ4n) is 3.93. The second-order valence-corrected chi connectivity index (χ2v) is 6.91. The minimum Gasteiger partial charge on any atom is -0.337 e. The number of carbonyl (C=O) groups excluding carboxylic acids is 1. The lowest BCUT2D eigenvalue weighted by atomic mass is 10.0. The summed E-state index contributed by atoms with van der Waals surface area (Å²) in [6, 6.07) is 11.7. The van der Waals surface area contributed by atoms with Crippen molar-refractivity contribution in [2.75, 3.05) is 26.2 Å². The third-order valence-corrected chi connectivity index (χ3v) is 5.07. The first-order valence-electron chi connectivity index (χ1n) is 8.54. The number of aromatic nitrogens is 2. The van der Waals surface area contributed by atoms with E-state index >= 15 is 0 Å². The Kier molecular flexibility index (Phi) is 4.02. The molecule has 0 saturated carbocycles. The van der Waals surface area contributed by atoms with E-state index < -0.39 is 0 Å². The van der Waals surface area contributed by atoms with E-state index in [2.05, 4.69) is 20.9 Å². The third-order valence-electron chi connectivity index (χ3n) is 5.07. The molecule has 0 spiro atoms. The molecular weight excluding hydrogens is 300 g/mol. The van der Waals surface area contributed by atoms with Gasteiger partial charge >= 0.3 is 0 Å². The number of carbonyl (C=O) groups is 1. The maximum absolute atomic E-state index is 12.6. The first kappa shape index (κ1) is 15.3. The van der Waals surface area contributed by atoms with Gasteiger partial charge in [-0.1, -0.05) is 12.1 Å². The number of rotatable bonds is 3. The van der Waals surface area contributed by atoms with Crippen LogP contribution in [0.3, 0.4) is 0 Å². The molecule has 4 heterocycles. The summed E-state index contributed by atoms with van der Waals surface area (Å²) in [5.41, 5.74) is 2.58. The number of amides is 1. The van der Waals surface area contributed by atoms with Crippen LogP contribution in [0, 0.1) is 18.8 Å². The Morgan fingerprint density at radius 2 is 1.88 bits per heavy atom. The highest BCUT2D eigenvalue weighted by atomic mass is 16.2. The number of nitrogens with zero attached hydrogens (tertiary/aromatic N) is 4. The van der Waals surface area contributed by atoms with E-state index in [0.29, 0.717) is 17.5 Å². The first-order chi connectivity index (χ1) is 11.7. The minimum absolute atomic E-state index is 0.0735. The van der Waals surface area contributed by atoms with E-state index in [1.54, 1.807) is 0 Å². The number of aryl methyl sites for hydroxylation is 1. The zero-order valence-corrected chi connectivity index (χ0v) is 13.9. The van der Waals surface area contributed by atoms with Crippen molar-refractivity contribution in [2.45, 2.75) is 13.5 Å². The van der Waals surface area contributed by atoms with Crippen molar-refractivity contribution < 1.29 is 4.79 Å². The molecule has 2 saturated heterocycles. The second kappa shape index (κ2) is 6.32. The summed E-state index contributed by atoms with van der Waals surface area (Å²) in [5.74, 6) is 1.22. The van der Waals surface area contributed by atoms with Gasteiger partial charge in [0.1, 0.15) is 5.69 Å². The maximum Gasteiger partial charge on any atom is 0.272 e. The van der Waals surface area contributed by atoms with Crippen molar-refractivity contribution in [2.24, 2.45) is 11.8 Å². The van der Waals surface area contributed by atoms with Crippen molar-refractivity contribution in [3.8, 4) is 0 Å². The summed E-state index contributed by atoms with van der Waals surface area (Å²) in [6.45, 7) is 6.61. The van der Waals surface area contributed by atoms with Gasteiger partial charge in [0.25, 0.3) is 5.91 Å². The zero-order chi connectivity index (χ0) is 16.5. The standard InChI is InChI=1S/C19H22N4O/c1-14-5-4-7-18(21-14)19(24)23-11-15-9-22(10-16(15)12-23)13-17-6-2-3-8-20-17/h2-8,15-16H,9-13H2,1H3. The Labute approximate surface area is 142 Å². The summed E-state index contributed by atoms with van der Waals surface area (Å²) < 4.78 is 0. The van der Waals surface area contributed by atoms with Crippen LogP contribution < -0.4 is 0 Å². The minimum atomic E-state index is 0.0735. The summed E-state index contributed by atoms with van der Waals surface area (Å²) in [4.78, 5) is 25.9. The van der Waals surface area contributed by atoms with Crippen LogP contribution in [-0.2, 0) is 6.54 Å². The van der Waals surface area contributed by atoms with Crippen LogP contribution in [-0.4, -0.2) is 51.9 Å². The van der Waals surface area contributed by atoms with Crippen molar-refractivity contribution in [1.82, 2.24) is 19.8 Å². The Morgan fingerprint density at radius 3 is 2.54 bits per heavy atom. The lowest BCUT2D eigenvalue weighted by Gasteiger charge is -2.21. The van der Waals surface area contributed by atoms with Gasteiger partial charge in [-0.05, 0) is 43.0 Å². The molecule has 5 heteroatoms. The van der Waals surface area contributed by atoms with Gasteiger partial charge in [-0.2, -0.15) is 0 Å².